The minimum Gasteiger partial charge on any atom is -0.323 e. The Labute approximate surface area is 116 Å². The van der Waals surface area contributed by atoms with Gasteiger partial charge in [-0.25, -0.2) is 9.07 Å². The Kier molecular flexibility index (Phi) is 4.17. The second-order valence-electron chi connectivity index (χ2n) is 4.30. The molecular weight excluding hydrogens is 267 g/mol. The zero-order valence-corrected chi connectivity index (χ0v) is 11.7. The maximum absolute atomic E-state index is 13.9. The Balaban J connectivity index is 2.53. The Morgan fingerprint density at radius 3 is 2.74 bits per heavy atom. The van der Waals surface area contributed by atoms with Crippen LogP contribution in [0.2, 0.25) is 5.02 Å². The predicted octanol–water partition coefficient (Wildman–Crippen LogP) is 3.03. The molecule has 2 rings (SSSR count). The van der Waals surface area contributed by atoms with Crippen molar-refractivity contribution in [2.75, 3.05) is 0 Å². The SMILES string of the molecule is CCc1c(C(N)CC)nnn1-c1ccc(Cl)cc1F. The Bertz CT molecular complexity index is 582. The molecule has 0 aliphatic heterocycles. The maximum atomic E-state index is 13.9. The molecule has 19 heavy (non-hydrogen) atoms. The highest BCUT2D eigenvalue weighted by molar-refractivity contribution is 6.30. The summed E-state index contributed by atoms with van der Waals surface area (Å²) in [5, 5.41) is 8.46. The molecule has 0 saturated carbocycles. The fraction of sp³-hybridized carbons (Fsp3) is 0.385. The number of nitrogens with two attached hydrogens (primary N) is 1. The monoisotopic (exact) mass is 282 g/mol. The first kappa shape index (κ1) is 14.0. The van der Waals surface area contributed by atoms with Crippen molar-refractivity contribution >= 4 is 11.6 Å². The third-order valence-corrected chi connectivity index (χ3v) is 3.29. The van der Waals surface area contributed by atoms with Crippen molar-refractivity contribution in [1.82, 2.24) is 15.0 Å². The fourth-order valence-electron chi connectivity index (χ4n) is 1.97. The molecule has 1 atom stereocenters. The van der Waals surface area contributed by atoms with E-state index in [1.807, 2.05) is 13.8 Å². The van der Waals surface area contributed by atoms with Crippen LogP contribution < -0.4 is 5.73 Å². The number of hydrogen-bond acceptors (Lipinski definition) is 3. The van der Waals surface area contributed by atoms with Crippen LogP contribution in [0.1, 0.15) is 37.7 Å². The van der Waals surface area contributed by atoms with Gasteiger partial charge in [-0.2, -0.15) is 0 Å². The smallest absolute Gasteiger partial charge is 0.150 e. The van der Waals surface area contributed by atoms with Crippen LogP contribution in [0.4, 0.5) is 4.39 Å². The predicted molar refractivity (Wildman–Crippen MR) is 72.9 cm³/mol. The van der Waals surface area contributed by atoms with E-state index in [0.29, 0.717) is 17.1 Å². The molecule has 2 aromatic rings. The van der Waals surface area contributed by atoms with E-state index in [4.69, 9.17) is 17.3 Å². The molecule has 1 aromatic carbocycles. The number of nitrogens with zero attached hydrogens (tertiary/aromatic N) is 3. The van der Waals surface area contributed by atoms with Gasteiger partial charge < -0.3 is 5.73 Å². The van der Waals surface area contributed by atoms with E-state index >= 15 is 0 Å². The van der Waals surface area contributed by atoms with Crippen molar-refractivity contribution in [3.63, 3.8) is 0 Å². The molecule has 2 N–H and O–H groups in total. The van der Waals surface area contributed by atoms with Gasteiger partial charge >= 0.3 is 0 Å². The molecule has 102 valence electrons. The minimum atomic E-state index is -0.427. The minimum absolute atomic E-state index is 0.181. The van der Waals surface area contributed by atoms with Crippen LogP contribution >= 0.6 is 11.6 Å². The summed E-state index contributed by atoms with van der Waals surface area (Å²) in [5.41, 5.74) is 7.88. The molecule has 0 amide bonds. The van der Waals surface area contributed by atoms with Crippen LogP contribution in [0.15, 0.2) is 18.2 Å². The summed E-state index contributed by atoms with van der Waals surface area (Å²) in [6, 6.07) is 4.30. The van der Waals surface area contributed by atoms with Crippen LogP contribution in [0, 0.1) is 5.82 Å². The highest BCUT2D eigenvalue weighted by atomic mass is 35.5. The average Bonchev–Trinajstić information content (AvgIpc) is 2.81. The molecule has 1 aromatic heterocycles. The van der Waals surface area contributed by atoms with Crippen LogP contribution in [-0.2, 0) is 6.42 Å². The Hall–Kier alpha value is -1.46. The van der Waals surface area contributed by atoms with E-state index in [-0.39, 0.29) is 6.04 Å². The summed E-state index contributed by atoms with van der Waals surface area (Å²) in [4.78, 5) is 0. The summed E-state index contributed by atoms with van der Waals surface area (Å²) in [6.45, 7) is 3.95. The first-order chi connectivity index (χ1) is 9.08. The van der Waals surface area contributed by atoms with Gasteiger partial charge in [0.1, 0.15) is 17.2 Å². The summed E-state index contributed by atoms with van der Waals surface area (Å²) in [6.07, 6.45) is 1.44. The Morgan fingerprint density at radius 2 is 2.16 bits per heavy atom. The summed E-state index contributed by atoms with van der Waals surface area (Å²) >= 11 is 5.75. The van der Waals surface area contributed by atoms with Crippen molar-refractivity contribution in [2.24, 2.45) is 5.73 Å². The Morgan fingerprint density at radius 1 is 1.42 bits per heavy atom. The molecule has 0 bridgehead atoms. The van der Waals surface area contributed by atoms with Crippen LogP contribution in [-0.4, -0.2) is 15.0 Å². The second kappa shape index (κ2) is 5.67. The number of rotatable bonds is 4. The normalized spacial score (nSPS) is 12.7. The van der Waals surface area contributed by atoms with Gasteiger partial charge in [0.2, 0.25) is 0 Å². The molecule has 4 nitrogen and oxygen atoms in total. The van der Waals surface area contributed by atoms with Gasteiger partial charge in [0.25, 0.3) is 0 Å². The molecule has 1 heterocycles. The maximum Gasteiger partial charge on any atom is 0.150 e. The third kappa shape index (κ3) is 2.62. The van der Waals surface area contributed by atoms with E-state index < -0.39 is 5.82 Å². The molecule has 0 fully saturated rings. The van der Waals surface area contributed by atoms with E-state index in [9.17, 15) is 4.39 Å². The molecule has 0 aliphatic carbocycles. The van der Waals surface area contributed by atoms with Gasteiger partial charge in [-0.3, -0.25) is 0 Å². The van der Waals surface area contributed by atoms with Gasteiger partial charge in [-0.1, -0.05) is 30.7 Å². The molecule has 0 saturated heterocycles. The van der Waals surface area contributed by atoms with Crippen molar-refractivity contribution in [3.05, 3.63) is 40.4 Å². The van der Waals surface area contributed by atoms with Gasteiger partial charge in [0.05, 0.1) is 11.7 Å². The van der Waals surface area contributed by atoms with Crippen molar-refractivity contribution < 1.29 is 4.39 Å². The van der Waals surface area contributed by atoms with Crippen LogP contribution in [0.5, 0.6) is 0 Å². The van der Waals surface area contributed by atoms with Crippen molar-refractivity contribution in [1.29, 1.82) is 0 Å². The molecule has 0 aliphatic rings. The zero-order chi connectivity index (χ0) is 14.0. The van der Waals surface area contributed by atoms with Crippen molar-refractivity contribution in [3.8, 4) is 5.69 Å². The lowest BCUT2D eigenvalue weighted by molar-refractivity contribution is 0.603. The third-order valence-electron chi connectivity index (χ3n) is 3.06. The molecule has 0 radical (unpaired) electrons. The lowest BCUT2D eigenvalue weighted by Crippen LogP contribution is -2.12. The largest absolute Gasteiger partial charge is 0.323 e. The lowest BCUT2D eigenvalue weighted by Gasteiger charge is -2.10. The van der Waals surface area contributed by atoms with E-state index in [1.165, 1.54) is 10.7 Å². The molecule has 1 unspecified atom stereocenters. The highest BCUT2D eigenvalue weighted by Crippen LogP contribution is 2.23. The number of aromatic nitrogens is 3. The number of hydrogen-bond donors (Lipinski definition) is 1. The van der Waals surface area contributed by atoms with Gasteiger partial charge in [-0.05, 0) is 31.0 Å². The molecular formula is C13H16ClFN4. The highest BCUT2D eigenvalue weighted by Gasteiger charge is 2.19. The standard InChI is InChI=1S/C13H16ClFN4/c1-3-10(16)13-11(4-2)19(18-17-13)12-6-5-8(14)7-9(12)15/h5-7,10H,3-4,16H2,1-2H3. The number of benzene rings is 1. The fourth-order valence-corrected chi connectivity index (χ4v) is 2.13. The van der Waals surface area contributed by atoms with Gasteiger partial charge in [0, 0.05) is 5.02 Å². The van der Waals surface area contributed by atoms with Gasteiger partial charge in [0.15, 0.2) is 0 Å². The first-order valence-corrected chi connectivity index (χ1v) is 6.61. The second-order valence-corrected chi connectivity index (χ2v) is 4.73. The quantitative estimate of drug-likeness (QED) is 0.938. The van der Waals surface area contributed by atoms with Crippen molar-refractivity contribution in [2.45, 2.75) is 32.7 Å². The topological polar surface area (TPSA) is 56.7 Å². The van der Waals surface area contributed by atoms with E-state index in [0.717, 1.165) is 17.8 Å². The van der Waals surface area contributed by atoms with E-state index in [2.05, 4.69) is 10.3 Å². The first-order valence-electron chi connectivity index (χ1n) is 6.23. The van der Waals surface area contributed by atoms with Crippen LogP contribution in [0.3, 0.4) is 0 Å². The molecule has 0 spiro atoms. The summed E-state index contributed by atoms with van der Waals surface area (Å²) < 4.78 is 15.4. The zero-order valence-electron chi connectivity index (χ0n) is 10.9. The van der Waals surface area contributed by atoms with E-state index in [1.54, 1.807) is 12.1 Å². The summed E-state index contributed by atoms with van der Waals surface area (Å²) in [5.74, 6) is -0.427. The van der Waals surface area contributed by atoms with Crippen LogP contribution in [0.25, 0.3) is 5.69 Å². The van der Waals surface area contributed by atoms with Gasteiger partial charge in [-0.15, -0.1) is 5.10 Å². The molecule has 6 heteroatoms. The summed E-state index contributed by atoms with van der Waals surface area (Å²) in [7, 11) is 0. The average molecular weight is 283 g/mol. The number of halogens is 2. The lowest BCUT2D eigenvalue weighted by atomic mass is 10.1.